The minimum absolute atomic E-state index is 0.189. The van der Waals surface area contributed by atoms with Crippen LogP contribution in [-0.2, 0) is 13.5 Å². The van der Waals surface area contributed by atoms with E-state index >= 15 is 0 Å². The monoisotopic (exact) mass is 220 g/mol. The number of hydrogen-bond donors (Lipinski definition) is 2. The molecule has 0 aliphatic heterocycles. The van der Waals surface area contributed by atoms with E-state index in [2.05, 4.69) is 29.3 Å². The summed E-state index contributed by atoms with van der Waals surface area (Å²) in [6.07, 6.45) is 1.64. The molecule has 0 aliphatic rings. The highest BCUT2D eigenvalue weighted by Crippen LogP contribution is 2.14. The van der Waals surface area contributed by atoms with Crippen molar-refractivity contribution in [2.45, 2.75) is 39.7 Å². The summed E-state index contributed by atoms with van der Waals surface area (Å²) in [5.41, 5.74) is 6.35. The molecule has 0 aromatic carbocycles. The summed E-state index contributed by atoms with van der Waals surface area (Å²) in [6, 6.07) is 0.189. The van der Waals surface area contributed by atoms with E-state index < -0.39 is 0 Å². The van der Waals surface area contributed by atoms with Crippen molar-refractivity contribution in [2.24, 2.45) is 12.9 Å². The van der Waals surface area contributed by atoms with Crippen LogP contribution in [0.25, 0.3) is 0 Å². The molecule has 1 aromatic rings. The van der Waals surface area contributed by atoms with E-state index in [-0.39, 0.29) is 6.04 Å². The fourth-order valence-electron chi connectivity index (χ4n) is 1.77. The van der Waals surface area contributed by atoms with Crippen LogP contribution in [0.3, 0.4) is 0 Å². The van der Waals surface area contributed by atoms with E-state index in [0.29, 0.717) is 0 Å². The maximum Gasteiger partial charge on any atom is 0.0628 e. The van der Waals surface area contributed by atoms with Crippen LogP contribution in [0.4, 0.5) is 0 Å². The lowest BCUT2D eigenvalue weighted by Crippen LogP contribution is -2.36. The highest BCUT2D eigenvalue weighted by Gasteiger charge is 2.14. The van der Waals surface area contributed by atoms with Gasteiger partial charge in [0, 0.05) is 25.2 Å². The van der Waals surface area contributed by atoms with Gasteiger partial charge in [-0.3, -0.25) is 16.0 Å². The number of nitrogens with zero attached hydrogens (tertiary/aromatic N) is 2. The third-order valence-corrected chi connectivity index (χ3v) is 2.87. The summed E-state index contributed by atoms with van der Waals surface area (Å²) >= 11 is 0. The minimum atomic E-state index is 0.189. The first-order chi connectivity index (χ1) is 7.60. The van der Waals surface area contributed by atoms with Gasteiger partial charge in [0.15, 0.2) is 0 Å². The van der Waals surface area contributed by atoms with Crippen molar-refractivity contribution in [1.29, 1.82) is 0 Å². The molecule has 0 saturated heterocycles. The van der Waals surface area contributed by atoms with Crippen LogP contribution in [0.2, 0.25) is 0 Å². The molecule has 4 heteroatoms. The Labute approximate surface area is 97.2 Å². The first-order valence-electron chi connectivity index (χ1n) is 5.45. The van der Waals surface area contributed by atoms with Crippen molar-refractivity contribution in [3.05, 3.63) is 17.0 Å². The van der Waals surface area contributed by atoms with E-state index in [0.717, 1.165) is 18.5 Å². The van der Waals surface area contributed by atoms with Crippen molar-refractivity contribution in [3.8, 4) is 11.8 Å². The van der Waals surface area contributed by atoms with Gasteiger partial charge in [-0.25, -0.2) is 0 Å². The van der Waals surface area contributed by atoms with Gasteiger partial charge in [-0.1, -0.05) is 0 Å². The van der Waals surface area contributed by atoms with E-state index in [1.54, 1.807) is 0 Å². The van der Waals surface area contributed by atoms with Crippen LogP contribution in [0, 0.1) is 25.7 Å². The van der Waals surface area contributed by atoms with Gasteiger partial charge < -0.3 is 0 Å². The maximum absolute atomic E-state index is 5.52. The van der Waals surface area contributed by atoms with Gasteiger partial charge >= 0.3 is 0 Å². The van der Waals surface area contributed by atoms with Crippen LogP contribution in [0.15, 0.2) is 0 Å². The molecule has 0 aliphatic carbocycles. The molecule has 0 fully saturated rings. The Kier molecular flexibility index (Phi) is 4.53. The molecule has 0 bridgehead atoms. The zero-order valence-electron chi connectivity index (χ0n) is 10.5. The summed E-state index contributed by atoms with van der Waals surface area (Å²) in [5, 5.41) is 4.39. The quantitative estimate of drug-likeness (QED) is 0.449. The smallest absolute Gasteiger partial charge is 0.0628 e. The fraction of sp³-hybridized carbons (Fsp3) is 0.583. The predicted molar refractivity (Wildman–Crippen MR) is 65.6 cm³/mol. The zero-order chi connectivity index (χ0) is 12.1. The Morgan fingerprint density at radius 3 is 2.62 bits per heavy atom. The zero-order valence-corrected chi connectivity index (χ0v) is 10.5. The fourth-order valence-corrected chi connectivity index (χ4v) is 1.77. The van der Waals surface area contributed by atoms with E-state index in [1.165, 1.54) is 11.3 Å². The summed E-state index contributed by atoms with van der Waals surface area (Å²) in [5.74, 6) is 11.5. The third kappa shape index (κ3) is 2.84. The Hall–Kier alpha value is -1.31. The number of hydrazine groups is 1. The van der Waals surface area contributed by atoms with Crippen LogP contribution >= 0.6 is 0 Å². The average Bonchev–Trinajstić information content (AvgIpc) is 2.50. The summed E-state index contributed by atoms with van der Waals surface area (Å²) < 4.78 is 1.91. The lowest BCUT2D eigenvalue weighted by molar-refractivity contribution is 0.534. The summed E-state index contributed by atoms with van der Waals surface area (Å²) in [4.78, 5) is 0. The lowest BCUT2D eigenvalue weighted by Gasteiger charge is -2.13. The summed E-state index contributed by atoms with van der Waals surface area (Å²) in [7, 11) is 1.96. The molecule has 0 radical (unpaired) electrons. The van der Waals surface area contributed by atoms with Gasteiger partial charge in [-0.15, -0.1) is 11.8 Å². The van der Waals surface area contributed by atoms with Crippen LogP contribution in [0.1, 0.15) is 30.3 Å². The number of hydrogen-bond acceptors (Lipinski definition) is 3. The molecule has 4 nitrogen and oxygen atoms in total. The van der Waals surface area contributed by atoms with Gasteiger partial charge in [0.1, 0.15) is 0 Å². The lowest BCUT2D eigenvalue weighted by atomic mass is 10.0. The van der Waals surface area contributed by atoms with Crippen LogP contribution in [-0.4, -0.2) is 15.8 Å². The number of aryl methyl sites for hydroxylation is 2. The molecule has 3 N–H and O–H groups in total. The maximum atomic E-state index is 5.52. The number of aromatic nitrogens is 2. The second kappa shape index (κ2) is 5.69. The normalized spacial score (nSPS) is 12.1. The topological polar surface area (TPSA) is 55.9 Å². The Morgan fingerprint density at radius 1 is 1.50 bits per heavy atom. The van der Waals surface area contributed by atoms with Gasteiger partial charge in [0.05, 0.1) is 5.69 Å². The van der Waals surface area contributed by atoms with Crippen molar-refractivity contribution in [3.63, 3.8) is 0 Å². The Balaban J connectivity index is 2.79. The van der Waals surface area contributed by atoms with Gasteiger partial charge in [-0.05, 0) is 32.8 Å². The molecule has 1 atom stereocenters. The molecule has 1 heterocycles. The van der Waals surface area contributed by atoms with E-state index in [9.17, 15) is 0 Å². The Bertz CT molecular complexity index is 409. The van der Waals surface area contributed by atoms with Gasteiger partial charge in [0.2, 0.25) is 0 Å². The molecule has 0 amide bonds. The molecule has 88 valence electrons. The number of nitrogens with one attached hydrogen (secondary N) is 1. The predicted octanol–water partition coefficient (Wildman–Crippen LogP) is 0.825. The van der Waals surface area contributed by atoms with Crippen molar-refractivity contribution in [2.75, 3.05) is 0 Å². The molecule has 16 heavy (non-hydrogen) atoms. The molecule has 0 spiro atoms. The highest BCUT2D eigenvalue weighted by atomic mass is 15.3. The average molecular weight is 220 g/mol. The SMILES string of the molecule is CC#CCC(Cc1c(C)nn(C)c1C)NN. The number of rotatable bonds is 4. The second-order valence-electron chi connectivity index (χ2n) is 3.97. The third-order valence-electron chi connectivity index (χ3n) is 2.87. The largest absolute Gasteiger partial charge is 0.272 e. The van der Waals surface area contributed by atoms with Crippen molar-refractivity contribution in [1.82, 2.24) is 15.2 Å². The highest BCUT2D eigenvalue weighted by molar-refractivity contribution is 5.25. The van der Waals surface area contributed by atoms with Crippen LogP contribution in [0.5, 0.6) is 0 Å². The first kappa shape index (κ1) is 12.8. The van der Waals surface area contributed by atoms with E-state index in [1.807, 2.05) is 25.6 Å². The molecular formula is C12H20N4. The molecule has 1 unspecified atom stereocenters. The van der Waals surface area contributed by atoms with Crippen molar-refractivity contribution < 1.29 is 0 Å². The second-order valence-corrected chi connectivity index (χ2v) is 3.97. The van der Waals surface area contributed by atoms with Crippen LogP contribution < -0.4 is 11.3 Å². The first-order valence-corrected chi connectivity index (χ1v) is 5.45. The molecular weight excluding hydrogens is 200 g/mol. The molecule has 1 rings (SSSR count). The molecule has 1 aromatic heterocycles. The van der Waals surface area contributed by atoms with Crippen molar-refractivity contribution >= 4 is 0 Å². The summed E-state index contributed by atoms with van der Waals surface area (Å²) in [6.45, 7) is 5.95. The number of nitrogens with two attached hydrogens (primary N) is 1. The molecule has 0 saturated carbocycles. The van der Waals surface area contributed by atoms with Gasteiger partial charge in [-0.2, -0.15) is 5.10 Å². The Morgan fingerprint density at radius 2 is 2.19 bits per heavy atom. The van der Waals surface area contributed by atoms with E-state index in [4.69, 9.17) is 5.84 Å². The van der Waals surface area contributed by atoms with Gasteiger partial charge in [0.25, 0.3) is 0 Å². The standard InChI is InChI=1S/C12H20N4/c1-5-6-7-11(14-13)8-12-9(2)15-16(4)10(12)3/h11,14H,7-8,13H2,1-4H3. The minimum Gasteiger partial charge on any atom is -0.272 e.